The first kappa shape index (κ1) is 22.3. The average Bonchev–Trinajstić information content (AvgIpc) is 3.49. The van der Waals surface area contributed by atoms with Crippen LogP contribution in [-0.2, 0) is 17.6 Å². The fraction of sp³-hybridized carbons (Fsp3) is 0.429. The van der Waals surface area contributed by atoms with Crippen molar-refractivity contribution in [2.45, 2.75) is 43.4 Å². The molecule has 0 aromatic carbocycles. The number of amides is 2. The van der Waals surface area contributed by atoms with E-state index in [1.54, 1.807) is 6.08 Å². The number of rotatable bonds is 8. The standard InChI is InChI=1S/C21H23ClN4O3S2/c1-2-9-30-21-24-11-14(22)17(25-21)19(28)26-20-16(13-6-3-7-15(13)31-20)18(27)23-10-12-5-4-8-29-12/h2,11-12H,1,3-10H2,(H,23,27)(H,26,28). The number of nitrogens with zero attached hydrogens (tertiary/aromatic N) is 2. The number of anilines is 1. The summed E-state index contributed by atoms with van der Waals surface area (Å²) in [6.45, 7) is 4.88. The number of halogens is 1. The second-order valence-electron chi connectivity index (χ2n) is 7.31. The number of aromatic nitrogens is 2. The van der Waals surface area contributed by atoms with Gasteiger partial charge in [-0.1, -0.05) is 29.4 Å². The Labute approximate surface area is 194 Å². The molecule has 1 atom stereocenters. The van der Waals surface area contributed by atoms with E-state index in [1.165, 1.54) is 29.3 Å². The lowest BCUT2D eigenvalue weighted by atomic mass is 10.1. The van der Waals surface area contributed by atoms with Crippen molar-refractivity contribution in [2.75, 3.05) is 24.2 Å². The molecule has 2 amide bonds. The van der Waals surface area contributed by atoms with Crippen LogP contribution in [0.25, 0.3) is 0 Å². The van der Waals surface area contributed by atoms with E-state index in [0.29, 0.717) is 28.0 Å². The van der Waals surface area contributed by atoms with Gasteiger partial charge in [0.1, 0.15) is 5.00 Å². The van der Waals surface area contributed by atoms with Gasteiger partial charge in [-0.05, 0) is 37.7 Å². The number of ether oxygens (including phenoxy) is 1. The van der Waals surface area contributed by atoms with E-state index in [2.05, 4.69) is 27.2 Å². The fourth-order valence-corrected chi connectivity index (χ4v) is 5.72. The minimum Gasteiger partial charge on any atom is -0.376 e. The number of hydrogen-bond donors (Lipinski definition) is 2. The van der Waals surface area contributed by atoms with Gasteiger partial charge in [-0.2, -0.15) is 0 Å². The summed E-state index contributed by atoms with van der Waals surface area (Å²) in [7, 11) is 0. The van der Waals surface area contributed by atoms with Crippen molar-refractivity contribution in [1.29, 1.82) is 0 Å². The number of thiophene rings is 1. The van der Waals surface area contributed by atoms with Crippen LogP contribution in [0.1, 0.15) is 50.5 Å². The SMILES string of the molecule is C=CCSc1ncc(Cl)c(C(=O)Nc2sc3c(c2C(=O)NCC2CCCO2)CCC3)n1. The molecule has 31 heavy (non-hydrogen) atoms. The molecule has 1 fully saturated rings. The number of hydrogen-bond acceptors (Lipinski definition) is 7. The average molecular weight is 479 g/mol. The lowest BCUT2D eigenvalue weighted by Gasteiger charge is -2.13. The molecule has 2 aromatic rings. The Hall–Kier alpha value is -1.94. The van der Waals surface area contributed by atoms with Crippen LogP contribution in [0, 0.1) is 0 Å². The summed E-state index contributed by atoms with van der Waals surface area (Å²) >= 11 is 9.00. The van der Waals surface area contributed by atoms with Gasteiger partial charge < -0.3 is 15.4 Å². The van der Waals surface area contributed by atoms with Crippen molar-refractivity contribution >= 4 is 51.5 Å². The highest BCUT2D eigenvalue weighted by Crippen LogP contribution is 2.39. The maximum Gasteiger partial charge on any atom is 0.276 e. The molecule has 0 spiro atoms. The van der Waals surface area contributed by atoms with Crippen LogP contribution in [0.4, 0.5) is 5.00 Å². The lowest BCUT2D eigenvalue weighted by molar-refractivity contribution is 0.0858. The summed E-state index contributed by atoms with van der Waals surface area (Å²) in [5.74, 6) is -0.0165. The highest BCUT2D eigenvalue weighted by molar-refractivity contribution is 7.99. The van der Waals surface area contributed by atoms with E-state index >= 15 is 0 Å². The van der Waals surface area contributed by atoms with Gasteiger partial charge in [0.2, 0.25) is 0 Å². The van der Waals surface area contributed by atoms with Gasteiger partial charge >= 0.3 is 0 Å². The molecule has 10 heteroatoms. The smallest absolute Gasteiger partial charge is 0.276 e. The summed E-state index contributed by atoms with van der Waals surface area (Å²) in [5, 5.41) is 6.99. The Morgan fingerprint density at radius 2 is 2.23 bits per heavy atom. The first-order chi connectivity index (χ1) is 15.1. The van der Waals surface area contributed by atoms with Gasteiger partial charge in [0.05, 0.1) is 22.9 Å². The maximum atomic E-state index is 13.0. The minimum absolute atomic E-state index is 0.0555. The molecule has 1 aliphatic heterocycles. The van der Waals surface area contributed by atoms with Crippen LogP contribution >= 0.6 is 34.7 Å². The molecular weight excluding hydrogens is 456 g/mol. The van der Waals surface area contributed by atoms with Gasteiger partial charge in [0.25, 0.3) is 11.8 Å². The van der Waals surface area contributed by atoms with Crippen molar-refractivity contribution in [3.63, 3.8) is 0 Å². The number of thioether (sulfide) groups is 1. The zero-order chi connectivity index (χ0) is 21.8. The largest absolute Gasteiger partial charge is 0.376 e. The molecule has 164 valence electrons. The van der Waals surface area contributed by atoms with Gasteiger partial charge in [-0.3, -0.25) is 9.59 Å². The summed E-state index contributed by atoms with van der Waals surface area (Å²) in [6, 6.07) is 0. The minimum atomic E-state index is -0.457. The molecule has 4 rings (SSSR count). The summed E-state index contributed by atoms with van der Waals surface area (Å²) in [6.07, 6.45) is 7.94. The third-order valence-electron chi connectivity index (χ3n) is 5.16. The zero-order valence-corrected chi connectivity index (χ0v) is 19.3. The Morgan fingerprint density at radius 3 is 3.00 bits per heavy atom. The predicted octanol–water partition coefficient (Wildman–Crippen LogP) is 4.12. The van der Waals surface area contributed by atoms with Crippen LogP contribution < -0.4 is 10.6 Å². The molecule has 1 unspecified atom stereocenters. The fourth-order valence-electron chi connectivity index (χ4n) is 3.71. The molecule has 2 aliphatic rings. The Morgan fingerprint density at radius 1 is 1.35 bits per heavy atom. The quantitative estimate of drug-likeness (QED) is 0.337. The molecule has 3 heterocycles. The molecule has 1 saturated heterocycles. The van der Waals surface area contributed by atoms with E-state index in [-0.39, 0.29) is 22.7 Å². The molecule has 0 bridgehead atoms. The van der Waals surface area contributed by atoms with Crippen LogP contribution in [0.3, 0.4) is 0 Å². The Balaban J connectivity index is 1.54. The highest BCUT2D eigenvalue weighted by Gasteiger charge is 2.29. The third kappa shape index (κ3) is 5.11. The number of nitrogens with one attached hydrogen (secondary N) is 2. The van der Waals surface area contributed by atoms with Crippen molar-refractivity contribution in [2.24, 2.45) is 0 Å². The van der Waals surface area contributed by atoms with Crippen LogP contribution in [0.2, 0.25) is 5.02 Å². The molecule has 0 radical (unpaired) electrons. The van der Waals surface area contributed by atoms with E-state index in [9.17, 15) is 9.59 Å². The van der Waals surface area contributed by atoms with Crippen molar-refractivity contribution in [3.05, 3.63) is 45.6 Å². The summed E-state index contributed by atoms with van der Waals surface area (Å²) < 4.78 is 5.60. The first-order valence-electron chi connectivity index (χ1n) is 10.2. The van der Waals surface area contributed by atoms with Gasteiger partial charge in [-0.15, -0.1) is 17.9 Å². The number of fused-ring (bicyclic) bond motifs is 1. The molecule has 0 saturated carbocycles. The van der Waals surface area contributed by atoms with E-state index in [4.69, 9.17) is 16.3 Å². The van der Waals surface area contributed by atoms with Crippen LogP contribution in [0.5, 0.6) is 0 Å². The normalized spacial score (nSPS) is 17.4. The van der Waals surface area contributed by atoms with Gasteiger partial charge in [0.15, 0.2) is 10.9 Å². The maximum absolute atomic E-state index is 13.0. The Bertz CT molecular complexity index is 1000. The molecule has 2 aromatic heterocycles. The molecular formula is C21H23ClN4O3S2. The highest BCUT2D eigenvalue weighted by atomic mass is 35.5. The topological polar surface area (TPSA) is 93.2 Å². The predicted molar refractivity (Wildman–Crippen MR) is 124 cm³/mol. The van der Waals surface area contributed by atoms with Crippen molar-refractivity contribution in [3.8, 4) is 0 Å². The van der Waals surface area contributed by atoms with Gasteiger partial charge in [-0.25, -0.2) is 9.97 Å². The van der Waals surface area contributed by atoms with E-state index in [0.717, 1.165) is 49.2 Å². The zero-order valence-electron chi connectivity index (χ0n) is 16.9. The number of carbonyl (C=O) groups excluding carboxylic acids is 2. The van der Waals surface area contributed by atoms with E-state index < -0.39 is 5.91 Å². The summed E-state index contributed by atoms with van der Waals surface area (Å²) in [4.78, 5) is 35.6. The second kappa shape index (κ2) is 10.1. The number of carbonyl (C=O) groups is 2. The second-order valence-corrected chi connectivity index (χ2v) is 9.81. The van der Waals surface area contributed by atoms with E-state index in [1.807, 2.05) is 0 Å². The molecule has 1 aliphatic carbocycles. The number of aryl methyl sites for hydroxylation is 1. The monoisotopic (exact) mass is 478 g/mol. The first-order valence-corrected chi connectivity index (χ1v) is 12.4. The third-order valence-corrected chi connectivity index (χ3v) is 7.50. The molecule has 2 N–H and O–H groups in total. The van der Waals surface area contributed by atoms with Crippen molar-refractivity contribution in [1.82, 2.24) is 15.3 Å². The van der Waals surface area contributed by atoms with Gasteiger partial charge in [0, 0.05) is 23.8 Å². The lowest BCUT2D eigenvalue weighted by Crippen LogP contribution is -2.32. The van der Waals surface area contributed by atoms with Crippen molar-refractivity contribution < 1.29 is 14.3 Å². The molecule has 7 nitrogen and oxygen atoms in total. The summed E-state index contributed by atoms with van der Waals surface area (Å²) in [5.41, 5.74) is 1.67. The Kier molecular flexibility index (Phi) is 7.27. The van der Waals surface area contributed by atoms with Crippen LogP contribution in [-0.4, -0.2) is 46.8 Å². The van der Waals surface area contributed by atoms with Crippen LogP contribution in [0.15, 0.2) is 24.0 Å².